The summed E-state index contributed by atoms with van der Waals surface area (Å²) in [6, 6.07) is 10.3. The fourth-order valence-electron chi connectivity index (χ4n) is 1.65. The van der Waals surface area contributed by atoms with E-state index in [4.69, 9.17) is 0 Å². The maximum Gasteiger partial charge on any atom is 0.160 e. The molecule has 0 amide bonds. The monoisotopic (exact) mass is 342 g/mol. The van der Waals surface area contributed by atoms with Crippen LogP contribution in [0.5, 0.6) is 0 Å². The van der Waals surface area contributed by atoms with E-state index in [-0.39, 0.29) is 3.36 Å². The van der Waals surface area contributed by atoms with E-state index in [0.717, 1.165) is 12.2 Å². The highest BCUT2D eigenvalue weighted by molar-refractivity contribution is 9.24. The van der Waals surface area contributed by atoms with Gasteiger partial charge in [0.15, 0.2) is 3.36 Å². The zero-order valence-corrected chi connectivity index (χ0v) is 12.1. The van der Waals surface area contributed by atoms with Gasteiger partial charge in [0.2, 0.25) is 0 Å². The average Bonchev–Trinajstić information content (AvgIpc) is 2.66. The predicted molar refractivity (Wildman–Crippen MR) is 72.9 cm³/mol. The highest BCUT2D eigenvalue weighted by Crippen LogP contribution is 2.36. The summed E-state index contributed by atoms with van der Waals surface area (Å²) in [6.45, 7) is 1.99. The summed E-state index contributed by atoms with van der Waals surface area (Å²) < 4.78 is 1.77. The molecule has 0 radical (unpaired) electrons. The van der Waals surface area contributed by atoms with E-state index < -0.39 is 0 Å². The summed E-state index contributed by atoms with van der Waals surface area (Å²) in [5.41, 5.74) is 1.27. The normalized spacial score (nSPS) is 11.7. The van der Waals surface area contributed by atoms with Crippen molar-refractivity contribution in [3.05, 3.63) is 54.1 Å². The summed E-state index contributed by atoms with van der Waals surface area (Å²) >= 11 is 7.39. The number of rotatable bonds is 3. The van der Waals surface area contributed by atoms with Crippen LogP contribution in [-0.2, 0) is 9.78 Å². The Morgan fingerprint density at radius 1 is 1.25 bits per heavy atom. The molecule has 2 rings (SSSR count). The number of hydrogen-bond acceptors (Lipinski definition) is 1. The molecule has 2 nitrogen and oxygen atoms in total. The van der Waals surface area contributed by atoms with Crippen LogP contribution >= 0.6 is 31.9 Å². The van der Waals surface area contributed by atoms with E-state index in [1.165, 1.54) is 5.56 Å². The van der Waals surface area contributed by atoms with Gasteiger partial charge in [-0.1, -0.05) is 30.3 Å². The molecule has 0 N–H and O–H groups in total. The first kappa shape index (κ1) is 11.9. The molecule has 1 aromatic carbocycles. The molecular formula is C12H12Br2N2. The lowest BCUT2D eigenvalue weighted by molar-refractivity contribution is 0.625. The van der Waals surface area contributed by atoms with Crippen LogP contribution in [0.2, 0.25) is 0 Å². The highest BCUT2D eigenvalue weighted by atomic mass is 79.9. The molecule has 84 valence electrons. The smallest absolute Gasteiger partial charge is 0.160 e. The number of hydrogen-bond donors (Lipinski definition) is 0. The first-order chi connectivity index (χ1) is 7.59. The van der Waals surface area contributed by atoms with Crippen molar-refractivity contribution >= 4 is 31.9 Å². The number of benzene rings is 1. The molecular weight excluding hydrogens is 332 g/mol. The van der Waals surface area contributed by atoms with Crippen molar-refractivity contribution in [1.29, 1.82) is 0 Å². The molecule has 4 heteroatoms. The third-order valence-electron chi connectivity index (χ3n) is 2.44. The van der Waals surface area contributed by atoms with Crippen LogP contribution in [-0.4, -0.2) is 9.55 Å². The van der Waals surface area contributed by atoms with Crippen molar-refractivity contribution in [3.8, 4) is 0 Å². The Hall–Kier alpha value is -0.610. The second kappa shape index (κ2) is 4.72. The van der Waals surface area contributed by atoms with Crippen LogP contribution in [0.15, 0.2) is 42.7 Å². The maximum absolute atomic E-state index is 4.23. The van der Waals surface area contributed by atoms with Crippen LogP contribution in [0, 0.1) is 6.92 Å². The van der Waals surface area contributed by atoms with Gasteiger partial charge < -0.3 is 4.57 Å². The maximum atomic E-state index is 4.23. The van der Waals surface area contributed by atoms with Crippen LogP contribution in [0.4, 0.5) is 0 Å². The second-order valence-electron chi connectivity index (χ2n) is 3.67. The van der Waals surface area contributed by atoms with Gasteiger partial charge in [0.1, 0.15) is 5.82 Å². The SMILES string of the molecule is Cc1nccn1C(Br)(Br)Cc1ccccc1. The molecule has 0 aliphatic carbocycles. The number of imidazole rings is 1. The molecule has 2 aromatic rings. The number of aryl methyl sites for hydroxylation is 1. The first-order valence-electron chi connectivity index (χ1n) is 5.02. The quantitative estimate of drug-likeness (QED) is 0.774. The van der Waals surface area contributed by atoms with E-state index in [0.29, 0.717) is 0 Å². The lowest BCUT2D eigenvalue weighted by atomic mass is 10.1. The fraction of sp³-hybridized carbons (Fsp3) is 0.250. The Kier molecular flexibility index (Phi) is 3.50. The Labute approximate surface area is 112 Å². The van der Waals surface area contributed by atoms with E-state index in [1.54, 1.807) is 6.20 Å². The summed E-state index contributed by atoms with van der Waals surface area (Å²) in [6.07, 6.45) is 4.62. The predicted octanol–water partition coefficient (Wildman–Crippen LogP) is 3.83. The van der Waals surface area contributed by atoms with Crippen molar-refractivity contribution in [2.24, 2.45) is 0 Å². The summed E-state index contributed by atoms with van der Waals surface area (Å²) in [7, 11) is 0. The zero-order chi connectivity index (χ0) is 11.6. The van der Waals surface area contributed by atoms with Gasteiger partial charge in [0, 0.05) is 18.8 Å². The minimum absolute atomic E-state index is 0.304. The minimum Gasteiger partial charge on any atom is -0.309 e. The van der Waals surface area contributed by atoms with Crippen molar-refractivity contribution in [2.45, 2.75) is 16.7 Å². The third kappa shape index (κ3) is 2.55. The molecule has 0 aliphatic rings. The second-order valence-corrected chi connectivity index (χ2v) is 7.36. The molecule has 0 bridgehead atoms. The van der Waals surface area contributed by atoms with E-state index in [1.807, 2.05) is 31.3 Å². The van der Waals surface area contributed by atoms with E-state index in [9.17, 15) is 0 Å². The van der Waals surface area contributed by atoms with Gasteiger partial charge in [0.05, 0.1) is 0 Å². The van der Waals surface area contributed by atoms with Crippen LogP contribution in [0.1, 0.15) is 11.4 Å². The van der Waals surface area contributed by atoms with Crippen LogP contribution in [0.3, 0.4) is 0 Å². The van der Waals surface area contributed by atoms with Crippen LogP contribution in [0.25, 0.3) is 0 Å². The van der Waals surface area contributed by atoms with Crippen molar-refractivity contribution in [3.63, 3.8) is 0 Å². The van der Waals surface area contributed by atoms with Gasteiger partial charge in [-0.3, -0.25) is 0 Å². The Morgan fingerprint density at radius 3 is 2.50 bits per heavy atom. The standard InChI is InChI=1S/C12H12Br2N2/c1-10-15-7-8-16(10)12(13,14)9-11-5-3-2-4-6-11/h2-8H,9H2,1H3. The highest BCUT2D eigenvalue weighted by Gasteiger charge is 2.26. The summed E-state index contributed by atoms with van der Waals surface area (Å²) in [5, 5.41) is 0. The fourth-order valence-corrected chi connectivity index (χ4v) is 3.05. The number of nitrogens with zero attached hydrogens (tertiary/aromatic N) is 2. The number of alkyl halides is 2. The van der Waals surface area contributed by atoms with E-state index >= 15 is 0 Å². The van der Waals surface area contributed by atoms with Crippen molar-refractivity contribution in [2.75, 3.05) is 0 Å². The molecule has 0 saturated heterocycles. The molecule has 0 aliphatic heterocycles. The zero-order valence-electron chi connectivity index (χ0n) is 8.90. The first-order valence-corrected chi connectivity index (χ1v) is 6.60. The van der Waals surface area contributed by atoms with E-state index in [2.05, 4.69) is 53.5 Å². The third-order valence-corrected chi connectivity index (χ3v) is 3.76. The van der Waals surface area contributed by atoms with Gasteiger partial charge in [-0.2, -0.15) is 0 Å². The van der Waals surface area contributed by atoms with Gasteiger partial charge in [-0.15, -0.1) is 0 Å². The molecule has 0 saturated carbocycles. The molecule has 0 unspecified atom stereocenters. The molecule has 16 heavy (non-hydrogen) atoms. The van der Waals surface area contributed by atoms with Gasteiger partial charge in [-0.25, -0.2) is 4.98 Å². The van der Waals surface area contributed by atoms with Gasteiger partial charge in [0.25, 0.3) is 0 Å². The van der Waals surface area contributed by atoms with Gasteiger partial charge in [-0.05, 0) is 44.3 Å². The molecule has 0 fully saturated rings. The average molecular weight is 344 g/mol. The van der Waals surface area contributed by atoms with Crippen molar-refractivity contribution in [1.82, 2.24) is 9.55 Å². The largest absolute Gasteiger partial charge is 0.309 e. The van der Waals surface area contributed by atoms with Crippen molar-refractivity contribution < 1.29 is 0 Å². The van der Waals surface area contributed by atoms with Crippen LogP contribution < -0.4 is 0 Å². The molecule has 1 heterocycles. The van der Waals surface area contributed by atoms with Gasteiger partial charge >= 0.3 is 0 Å². The minimum atomic E-state index is -0.304. The summed E-state index contributed by atoms with van der Waals surface area (Å²) in [4.78, 5) is 4.23. The Balaban J connectivity index is 2.24. The number of halogens is 2. The summed E-state index contributed by atoms with van der Waals surface area (Å²) in [5.74, 6) is 0.977. The molecule has 1 aromatic heterocycles. The lowest BCUT2D eigenvalue weighted by Gasteiger charge is -2.23. The topological polar surface area (TPSA) is 17.8 Å². The Bertz CT molecular complexity index is 463. The lowest BCUT2D eigenvalue weighted by Crippen LogP contribution is -2.22. The molecule has 0 spiro atoms. The molecule has 0 atom stereocenters. The number of aromatic nitrogens is 2. The Morgan fingerprint density at radius 2 is 1.94 bits per heavy atom.